The number of hydrogen-bond donors (Lipinski definition) is 2. The lowest BCUT2D eigenvalue weighted by atomic mass is 10.2. The number of anilines is 1. The number of hydrogen-bond acceptors (Lipinski definition) is 5. The fourth-order valence-corrected chi connectivity index (χ4v) is 1.84. The highest BCUT2D eigenvalue weighted by Crippen LogP contribution is 2.29. The van der Waals surface area contributed by atoms with Crippen LogP contribution in [-0.4, -0.2) is 15.9 Å². The van der Waals surface area contributed by atoms with Gasteiger partial charge < -0.3 is 4.42 Å². The molecule has 100 valence electrons. The summed E-state index contributed by atoms with van der Waals surface area (Å²) >= 11 is 0. The fraction of sp³-hybridized carbons (Fsp3) is 0.0714. The van der Waals surface area contributed by atoms with Crippen LogP contribution < -0.4 is 10.9 Å². The van der Waals surface area contributed by atoms with Crippen LogP contribution in [0.25, 0.3) is 22.1 Å². The molecule has 0 aliphatic carbocycles. The SMILES string of the molecule is C=C(C)C(=O)NNc1ncnc2c1oc1ccccc12. The molecule has 0 aliphatic heterocycles. The second kappa shape index (κ2) is 4.65. The molecule has 0 bridgehead atoms. The highest BCUT2D eigenvalue weighted by atomic mass is 16.3. The van der Waals surface area contributed by atoms with Gasteiger partial charge in [-0.25, -0.2) is 9.97 Å². The highest BCUT2D eigenvalue weighted by Gasteiger charge is 2.13. The van der Waals surface area contributed by atoms with Gasteiger partial charge in [0.2, 0.25) is 0 Å². The van der Waals surface area contributed by atoms with Gasteiger partial charge >= 0.3 is 0 Å². The van der Waals surface area contributed by atoms with Crippen molar-refractivity contribution in [3.05, 3.63) is 42.7 Å². The van der Waals surface area contributed by atoms with Crippen molar-refractivity contribution in [2.24, 2.45) is 0 Å². The number of furan rings is 1. The third-order valence-electron chi connectivity index (χ3n) is 2.84. The maximum atomic E-state index is 11.5. The zero-order valence-electron chi connectivity index (χ0n) is 10.8. The smallest absolute Gasteiger partial charge is 0.264 e. The number of amides is 1. The average Bonchev–Trinajstić information content (AvgIpc) is 2.83. The molecule has 0 aliphatic rings. The quantitative estimate of drug-likeness (QED) is 0.563. The average molecular weight is 268 g/mol. The van der Waals surface area contributed by atoms with Gasteiger partial charge in [0, 0.05) is 11.0 Å². The maximum absolute atomic E-state index is 11.5. The number of carbonyl (C=O) groups excluding carboxylic acids is 1. The lowest BCUT2D eigenvalue weighted by Crippen LogP contribution is -2.30. The number of carbonyl (C=O) groups is 1. The number of rotatable bonds is 3. The maximum Gasteiger partial charge on any atom is 0.264 e. The van der Waals surface area contributed by atoms with Gasteiger partial charge in [-0.05, 0) is 19.1 Å². The van der Waals surface area contributed by atoms with E-state index in [4.69, 9.17) is 4.42 Å². The first-order chi connectivity index (χ1) is 9.66. The van der Waals surface area contributed by atoms with Gasteiger partial charge in [0.05, 0.1) is 0 Å². The molecule has 1 amide bonds. The highest BCUT2D eigenvalue weighted by molar-refractivity contribution is 6.05. The summed E-state index contributed by atoms with van der Waals surface area (Å²) in [4.78, 5) is 19.8. The summed E-state index contributed by atoms with van der Waals surface area (Å²) in [6.45, 7) is 5.18. The number of hydrazine groups is 1. The van der Waals surface area contributed by atoms with Crippen molar-refractivity contribution in [2.45, 2.75) is 6.92 Å². The van der Waals surface area contributed by atoms with Gasteiger partial charge in [0.15, 0.2) is 11.4 Å². The van der Waals surface area contributed by atoms with Crippen molar-refractivity contribution >= 4 is 33.8 Å². The number of nitrogens with one attached hydrogen (secondary N) is 2. The molecule has 20 heavy (non-hydrogen) atoms. The summed E-state index contributed by atoms with van der Waals surface area (Å²) in [6, 6.07) is 7.57. The Morgan fingerprint density at radius 2 is 2.10 bits per heavy atom. The minimum absolute atomic E-state index is 0.312. The third kappa shape index (κ3) is 1.97. The Labute approximate surface area is 114 Å². The Balaban J connectivity index is 2.03. The molecule has 0 saturated heterocycles. The molecule has 2 aromatic heterocycles. The van der Waals surface area contributed by atoms with E-state index in [2.05, 4.69) is 27.4 Å². The summed E-state index contributed by atoms with van der Waals surface area (Å²) in [6.07, 6.45) is 1.42. The largest absolute Gasteiger partial charge is 0.450 e. The van der Waals surface area contributed by atoms with Crippen LogP contribution in [0.3, 0.4) is 0 Å². The summed E-state index contributed by atoms with van der Waals surface area (Å²) in [5.41, 5.74) is 7.53. The molecule has 0 spiro atoms. The van der Waals surface area contributed by atoms with Crippen LogP contribution in [0.15, 0.2) is 47.2 Å². The zero-order valence-corrected chi connectivity index (χ0v) is 10.8. The fourth-order valence-electron chi connectivity index (χ4n) is 1.84. The number of nitrogens with zero attached hydrogens (tertiary/aromatic N) is 2. The van der Waals surface area contributed by atoms with Crippen molar-refractivity contribution in [3.63, 3.8) is 0 Å². The molecular weight excluding hydrogens is 256 g/mol. The summed E-state index contributed by atoms with van der Waals surface area (Å²) in [5, 5.41) is 0.902. The topological polar surface area (TPSA) is 80.0 Å². The molecule has 0 fully saturated rings. The van der Waals surface area contributed by atoms with Gasteiger partial charge in [0.25, 0.3) is 5.91 Å². The van der Waals surface area contributed by atoms with Crippen molar-refractivity contribution in [1.82, 2.24) is 15.4 Å². The number of fused-ring (bicyclic) bond motifs is 3. The van der Waals surface area contributed by atoms with Gasteiger partial charge in [-0.2, -0.15) is 0 Å². The molecule has 2 N–H and O–H groups in total. The van der Waals surface area contributed by atoms with Gasteiger partial charge in [-0.3, -0.25) is 15.6 Å². The summed E-state index contributed by atoms with van der Waals surface area (Å²) < 4.78 is 5.72. The normalized spacial score (nSPS) is 10.7. The molecule has 0 unspecified atom stereocenters. The second-order valence-electron chi connectivity index (χ2n) is 4.36. The summed E-state index contributed by atoms with van der Waals surface area (Å²) in [5.74, 6) is 0.0914. The first kappa shape index (κ1) is 12.2. The van der Waals surface area contributed by atoms with E-state index in [9.17, 15) is 4.79 Å². The van der Waals surface area contributed by atoms with E-state index in [1.807, 2.05) is 24.3 Å². The lowest BCUT2D eigenvalue weighted by molar-refractivity contribution is -0.116. The standard InChI is InChI=1S/C14H12N4O2/c1-8(2)14(19)18-17-13-12-11(15-7-16-13)9-5-3-4-6-10(9)20-12/h3-7H,1H2,2H3,(H,18,19)(H,15,16,17). The molecular formula is C14H12N4O2. The molecule has 3 rings (SSSR count). The lowest BCUT2D eigenvalue weighted by Gasteiger charge is -2.06. The van der Waals surface area contributed by atoms with Crippen LogP contribution in [0.5, 0.6) is 0 Å². The third-order valence-corrected chi connectivity index (χ3v) is 2.84. The van der Waals surface area contributed by atoms with Crippen LogP contribution in [0, 0.1) is 0 Å². The van der Waals surface area contributed by atoms with Crippen LogP contribution >= 0.6 is 0 Å². The monoisotopic (exact) mass is 268 g/mol. The molecule has 3 aromatic rings. The van der Waals surface area contributed by atoms with Crippen LogP contribution in [0.4, 0.5) is 5.82 Å². The van der Waals surface area contributed by atoms with Crippen molar-refractivity contribution < 1.29 is 9.21 Å². The van der Waals surface area contributed by atoms with E-state index in [0.717, 1.165) is 11.0 Å². The van der Waals surface area contributed by atoms with Crippen LogP contribution in [0.1, 0.15) is 6.92 Å². The van der Waals surface area contributed by atoms with Gasteiger partial charge in [-0.1, -0.05) is 18.7 Å². The van der Waals surface area contributed by atoms with E-state index >= 15 is 0 Å². The number of para-hydroxylation sites is 1. The Morgan fingerprint density at radius 3 is 2.90 bits per heavy atom. The number of benzene rings is 1. The Kier molecular flexibility index (Phi) is 2.83. The van der Waals surface area contributed by atoms with E-state index in [1.165, 1.54) is 6.33 Å². The molecule has 0 saturated carbocycles. The minimum Gasteiger partial charge on any atom is -0.450 e. The first-order valence-corrected chi connectivity index (χ1v) is 6.01. The minimum atomic E-state index is -0.312. The van der Waals surface area contributed by atoms with Gasteiger partial charge in [-0.15, -0.1) is 0 Å². The van der Waals surface area contributed by atoms with E-state index in [0.29, 0.717) is 22.5 Å². The van der Waals surface area contributed by atoms with Crippen molar-refractivity contribution in [2.75, 3.05) is 5.43 Å². The van der Waals surface area contributed by atoms with E-state index < -0.39 is 0 Å². The molecule has 0 atom stereocenters. The summed E-state index contributed by atoms with van der Waals surface area (Å²) in [7, 11) is 0. The van der Waals surface area contributed by atoms with Crippen molar-refractivity contribution in [1.29, 1.82) is 0 Å². The van der Waals surface area contributed by atoms with Crippen LogP contribution in [0.2, 0.25) is 0 Å². The van der Waals surface area contributed by atoms with Crippen molar-refractivity contribution in [3.8, 4) is 0 Å². The molecule has 6 nitrogen and oxygen atoms in total. The first-order valence-electron chi connectivity index (χ1n) is 6.01. The second-order valence-corrected chi connectivity index (χ2v) is 4.36. The van der Waals surface area contributed by atoms with Crippen LogP contribution in [-0.2, 0) is 4.79 Å². The Morgan fingerprint density at radius 1 is 1.30 bits per heavy atom. The molecule has 1 aromatic carbocycles. The molecule has 6 heteroatoms. The molecule has 2 heterocycles. The predicted molar refractivity (Wildman–Crippen MR) is 75.9 cm³/mol. The van der Waals surface area contributed by atoms with Gasteiger partial charge in [0.1, 0.15) is 17.4 Å². The Bertz CT molecular complexity index is 822. The zero-order chi connectivity index (χ0) is 14.1. The van der Waals surface area contributed by atoms with E-state index in [1.54, 1.807) is 6.92 Å². The Hall–Kier alpha value is -2.89. The predicted octanol–water partition coefficient (Wildman–Crippen LogP) is 2.40. The van der Waals surface area contributed by atoms with E-state index in [-0.39, 0.29) is 5.91 Å². The number of aromatic nitrogens is 2. The molecule has 0 radical (unpaired) electrons.